The molecule has 1 N–H and O–H groups in total. The number of aliphatic hydroxyl groups excluding tert-OH is 1. The molecule has 0 saturated heterocycles. The molecule has 1 saturated carbocycles. The number of Topliss-reactive ketones (excluding diaryl/α,β-unsaturated/α-hetero) is 1. The van der Waals surface area contributed by atoms with Crippen molar-refractivity contribution in [2.75, 3.05) is 0 Å². The first-order valence-corrected chi connectivity index (χ1v) is 6.58. The minimum atomic E-state index is -0.583. The molecular weight excluding hydrogens is 236 g/mol. The van der Waals surface area contributed by atoms with Gasteiger partial charge in [-0.05, 0) is 11.1 Å². The molecule has 0 heterocycles. The van der Waals surface area contributed by atoms with Crippen molar-refractivity contribution in [3.8, 4) is 0 Å². The molecule has 2 aromatic rings. The van der Waals surface area contributed by atoms with Crippen LogP contribution in [0.4, 0.5) is 0 Å². The lowest BCUT2D eigenvalue weighted by Gasteiger charge is -2.21. The second-order valence-electron chi connectivity index (χ2n) is 5.06. The molecule has 0 bridgehead atoms. The van der Waals surface area contributed by atoms with E-state index >= 15 is 0 Å². The van der Waals surface area contributed by atoms with E-state index in [-0.39, 0.29) is 24.0 Å². The van der Waals surface area contributed by atoms with Gasteiger partial charge in [-0.3, -0.25) is 4.79 Å². The minimum Gasteiger partial charge on any atom is -0.392 e. The number of ketones is 1. The molecule has 3 atom stereocenters. The molecule has 1 fully saturated rings. The average Bonchev–Trinajstić information content (AvgIpc) is 2.75. The maximum absolute atomic E-state index is 12.2. The van der Waals surface area contributed by atoms with Crippen molar-refractivity contribution >= 4 is 5.78 Å². The maximum Gasteiger partial charge on any atom is 0.143 e. The summed E-state index contributed by atoms with van der Waals surface area (Å²) in [4.78, 5) is 12.2. The maximum atomic E-state index is 12.2. The van der Waals surface area contributed by atoms with E-state index in [1.807, 2.05) is 60.7 Å². The van der Waals surface area contributed by atoms with Gasteiger partial charge in [-0.15, -0.1) is 0 Å². The first-order chi connectivity index (χ1) is 9.27. The molecule has 2 heteroatoms. The van der Waals surface area contributed by atoms with Crippen LogP contribution in [0.5, 0.6) is 0 Å². The molecule has 3 rings (SSSR count). The van der Waals surface area contributed by atoms with Gasteiger partial charge in [0.15, 0.2) is 0 Å². The van der Waals surface area contributed by atoms with E-state index in [4.69, 9.17) is 0 Å². The smallest absolute Gasteiger partial charge is 0.143 e. The van der Waals surface area contributed by atoms with Crippen LogP contribution in [-0.2, 0) is 4.79 Å². The lowest BCUT2D eigenvalue weighted by Crippen LogP contribution is -2.17. The second-order valence-corrected chi connectivity index (χ2v) is 5.06. The number of benzene rings is 2. The van der Waals surface area contributed by atoms with Gasteiger partial charge in [0.1, 0.15) is 5.78 Å². The van der Waals surface area contributed by atoms with Gasteiger partial charge in [0.05, 0.1) is 12.0 Å². The predicted octanol–water partition coefficient (Wildman–Crippen LogP) is 2.89. The number of hydrogen-bond acceptors (Lipinski definition) is 2. The number of carbonyl (C=O) groups excluding carboxylic acids is 1. The zero-order valence-electron chi connectivity index (χ0n) is 10.6. The summed E-state index contributed by atoms with van der Waals surface area (Å²) in [6.07, 6.45) is -0.334. The summed E-state index contributed by atoms with van der Waals surface area (Å²) in [5, 5.41) is 10.2. The highest BCUT2D eigenvalue weighted by Crippen LogP contribution is 2.43. The molecule has 0 spiro atoms. The summed E-state index contributed by atoms with van der Waals surface area (Å²) in [6, 6.07) is 19.6. The molecule has 0 aliphatic heterocycles. The highest BCUT2D eigenvalue weighted by Gasteiger charge is 2.42. The third-order valence-electron chi connectivity index (χ3n) is 3.87. The van der Waals surface area contributed by atoms with Crippen molar-refractivity contribution in [2.24, 2.45) is 0 Å². The molecule has 0 unspecified atom stereocenters. The largest absolute Gasteiger partial charge is 0.392 e. The van der Waals surface area contributed by atoms with Gasteiger partial charge in [-0.1, -0.05) is 60.7 Å². The third-order valence-corrected chi connectivity index (χ3v) is 3.87. The van der Waals surface area contributed by atoms with Crippen LogP contribution in [0.15, 0.2) is 60.7 Å². The number of rotatable bonds is 2. The summed E-state index contributed by atoms with van der Waals surface area (Å²) in [5.74, 6) is -0.220. The van der Waals surface area contributed by atoms with Crippen molar-refractivity contribution in [1.29, 1.82) is 0 Å². The Labute approximate surface area is 112 Å². The van der Waals surface area contributed by atoms with Crippen molar-refractivity contribution in [2.45, 2.75) is 24.4 Å². The highest BCUT2D eigenvalue weighted by molar-refractivity contribution is 5.90. The second kappa shape index (κ2) is 4.98. The Kier molecular flexibility index (Phi) is 3.18. The molecule has 2 nitrogen and oxygen atoms in total. The van der Waals surface area contributed by atoms with Crippen molar-refractivity contribution in [3.63, 3.8) is 0 Å². The number of hydrogen-bond donors (Lipinski definition) is 1. The van der Waals surface area contributed by atoms with Gasteiger partial charge in [0, 0.05) is 12.3 Å². The molecular formula is C17H16O2. The zero-order chi connectivity index (χ0) is 13.2. The fourth-order valence-corrected chi connectivity index (χ4v) is 3.03. The summed E-state index contributed by atoms with van der Waals surface area (Å²) in [5.41, 5.74) is 2.03. The van der Waals surface area contributed by atoms with Crippen LogP contribution < -0.4 is 0 Å². The normalized spacial score (nSPS) is 26.6. The van der Waals surface area contributed by atoms with Gasteiger partial charge < -0.3 is 5.11 Å². The molecule has 1 aliphatic carbocycles. The van der Waals surface area contributed by atoms with Crippen LogP contribution in [0.1, 0.15) is 29.4 Å². The molecule has 2 aromatic carbocycles. The van der Waals surface area contributed by atoms with Crippen LogP contribution >= 0.6 is 0 Å². The summed E-state index contributed by atoms with van der Waals surface area (Å²) in [7, 11) is 0. The van der Waals surface area contributed by atoms with E-state index in [0.717, 1.165) is 11.1 Å². The molecule has 0 aromatic heterocycles. The monoisotopic (exact) mass is 252 g/mol. The molecule has 1 aliphatic rings. The average molecular weight is 252 g/mol. The van der Waals surface area contributed by atoms with Gasteiger partial charge in [-0.25, -0.2) is 0 Å². The van der Waals surface area contributed by atoms with E-state index < -0.39 is 6.10 Å². The van der Waals surface area contributed by atoms with Gasteiger partial charge in [0.2, 0.25) is 0 Å². The zero-order valence-corrected chi connectivity index (χ0v) is 10.6. The predicted molar refractivity (Wildman–Crippen MR) is 74.0 cm³/mol. The fourth-order valence-electron chi connectivity index (χ4n) is 3.03. The van der Waals surface area contributed by atoms with Crippen LogP contribution in [0, 0.1) is 0 Å². The third kappa shape index (κ3) is 2.20. The Bertz CT molecular complexity index is 562. The van der Waals surface area contributed by atoms with Crippen LogP contribution in [0.2, 0.25) is 0 Å². The summed E-state index contributed by atoms with van der Waals surface area (Å²) >= 11 is 0. The quantitative estimate of drug-likeness (QED) is 0.892. The summed E-state index contributed by atoms with van der Waals surface area (Å²) in [6.45, 7) is 0. The van der Waals surface area contributed by atoms with E-state index in [1.54, 1.807) is 0 Å². The van der Waals surface area contributed by atoms with Crippen LogP contribution in [-0.4, -0.2) is 17.0 Å². The topological polar surface area (TPSA) is 37.3 Å². The number of carbonyl (C=O) groups is 1. The van der Waals surface area contributed by atoms with E-state index in [2.05, 4.69) is 0 Å². The van der Waals surface area contributed by atoms with E-state index in [9.17, 15) is 9.90 Å². The fraction of sp³-hybridized carbons (Fsp3) is 0.235. The molecule has 96 valence electrons. The first-order valence-electron chi connectivity index (χ1n) is 6.58. The van der Waals surface area contributed by atoms with Crippen LogP contribution in [0.3, 0.4) is 0 Å². The number of aliphatic hydroxyl groups is 1. The Morgan fingerprint density at radius 3 is 1.95 bits per heavy atom. The summed E-state index contributed by atoms with van der Waals surface area (Å²) < 4.78 is 0. The molecule has 0 radical (unpaired) electrons. The lowest BCUT2D eigenvalue weighted by molar-refractivity contribution is -0.119. The van der Waals surface area contributed by atoms with Gasteiger partial charge in [0.25, 0.3) is 0 Å². The Balaban J connectivity index is 2.03. The Morgan fingerprint density at radius 2 is 1.37 bits per heavy atom. The highest BCUT2D eigenvalue weighted by atomic mass is 16.3. The van der Waals surface area contributed by atoms with E-state index in [1.165, 1.54) is 0 Å². The van der Waals surface area contributed by atoms with Crippen LogP contribution in [0.25, 0.3) is 0 Å². The van der Waals surface area contributed by atoms with Crippen molar-refractivity contribution in [1.82, 2.24) is 0 Å². The van der Waals surface area contributed by atoms with E-state index in [0.29, 0.717) is 0 Å². The van der Waals surface area contributed by atoms with Crippen molar-refractivity contribution in [3.05, 3.63) is 71.8 Å². The Hall–Kier alpha value is -1.93. The SMILES string of the molecule is O=C1C[C@@H](O)[C@@H](c2ccccc2)[C@@H]1c1ccccc1. The van der Waals surface area contributed by atoms with Gasteiger partial charge >= 0.3 is 0 Å². The van der Waals surface area contributed by atoms with Gasteiger partial charge in [-0.2, -0.15) is 0 Å². The molecule has 0 amide bonds. The minimum absolute atomic E-state index is 0.129. The Morgan fingerprint density at radius 1 is 0.842 bits per heavy atom. The standard InChI is InChI=1S/C17H16O2/c18-14-11-15(19)17(13-9-5-2-6-10-13)16(14)12-7-3-1-4-8-12/h1-10,14,16-18H,11H2/t14-,16-,17-/m1/s1. The molecule has 19 heavy (non-hydrogen) atoms. The first kappa shape index (κ1) is 12.1. The lowest BCUT2D eigenvalue weighted by atomic mass is 9.83. The van der Waals surface area contributed by atoms with Crippen molar-refractivity contribution < 1.29 is 9.90 Å².